The van der Waals surface area contributed by atoms with Crippen molar-refractivity contribution in [3.8, 4) is 0 Å². The predicted octanol–water partition coefficient (Wildman–Crippen LogP) is 0.304. The van der Waals surface area contributed by atoms with E-state index in [0.29, 0.717) is 18.9 Å². The van der Waals surface area contributed by atoms with Gasteiger partial charge in [0.15, 0.2) is 5.54 Å². The minimum Gasteiger partial charge on any atom is -0.479 e. The normalized spacial score (nSPS) is 11.3. The van der Waals surface area contributed by atoms with Crippen LogP contribution in [0.15, 0.2) is 12.4 Å². The Bertz CT molecular complexity index is 469. The summed E-state index contributed by atoms with van der Waals surface area (Å²) in [4.78, 5) is 22.6. The van der Waals surface area contributed by atoms with Crippen molar-refractivity contribution in [2.24, 2.45) is 0 Å². The molecular weight excluding hydrogens is 266 g/mol. The third-order valence-electron chi connectivity index (χ3n) is 2.63. The van der Waals surface area contributed by atoms with Gasteiger partial charge in [0, 0.05) is 13.3 Å². The maximum atomic E-state index is 11.5. The minimum absolute atomic E-state index is 0.100. The Morgan fingerprint density at radius 1 is 1.45 bits per heavy atom. The van der Waals surface area contributed by atoms with Crippen molar-refractivity contribution in [2.75, 3.05) is 32.2 Å². The van der Waals surface area contributed by atoms with E-state index in [1.807, 2.05) is 0 Å². The van der Waals surface area contributed by atoms with Crippen molar-refractivity contribution in [3.05, 3.63) is 12.4 Å². The average Bonchev–Trinajstić information content (AvgIpc) is 2.83. The molecule has 0 spiro atoms. The van der Waals surface area contributed by atoms with Crippen molar-refractivity contribution >= 4 is 17.6 Å². The summed E-state index contributed by atoms with van der Waals surface area (Å²) in [7, 11) is 1.54. The Labute approximate surface area is 116 Å². The molecule has 112 valence electrons. The molecule has 1 amide bonds. The largest absolute Gasteiger partial charge is 0.479 e. The van der Waals surface area contributed by atoms with Crippen LogP contribution in [0, 0.1) is 0 Å². The van der Waals surface area contributed by atoms with Crippen LogP contribution >= 0.6 is 0 Å². The van der Waals surface area contributed by atoms with E-state index in [4.69, 9.17) is 14.6 Å². The number of hydrogen-bond donors (Lipinski definition) is 2. The molecule has 0 saturated heterocycles. The first-order valence-corrected chi connectivity index (χ1v) is 6.03. The molecule has 0 aromatic carbocycles. The highest BCUT2D eigenvalue weighted by molar-refractivity contribution is 5.91. The number of amides is 1. The van der Waals surface area contributed by atoms with Crippen LogP contribution in [0.1, 0.15) is 13.8 Å². The van der Waals surface area contributed by atoms with Crippen LogP contribution in [0.4, 0.5) is 5.69 Å². The third-order valence-corrected chi connectivity index (χ3v) is 2.63. The van der Waals surface area contributed by atoms with Gasteiger partial charge in [-0.05, 0) is 13.8 Å². The molecule has 1 rings (SSSR count). The zero-order valence-corrected chi connectivity index (χ0v) is 11.8. The Morgan fingerprint density at radius 2 is 2.15 bits per heavy atom. The van der Waals surface area contributed by atoms with Crippen molar-refractivity contribution in [1.82, 2.24) is 9.78 Å². The number of carbonyl (C=O) groups excluding carboxylic acids is 1. The number of hydrogen-bond acceptors (Lipinski definition) is 5. The van der Waals surface area contributed by atoms with E-state index in [-0.39, 0.29) is 12.5 Å². The fourth-order valence-electron chi connectivity index (χ4n) is 1.30. The quantitative estimate of drug-likeness (QED) is 0.666. The molecule has 2 N–H and O–H groups in total. The molecule has 0 aliphatic carbocycles. The van der Waals surface area contributed by atoms with E-state index in [0.717, 1.165) is 0 Å². The summed E-state index contributed by atoms with van der Waals surface area (Å²) in [6.45, 7) is 3.67. The second kappa shape index (κ2) is 7.01. The molecule has 1 aromatic heterocycles. The molecule has 0 aliphatic rings. The van der Waals surface area contributed by atoms with Crippen LogP contribution < -0.4 is 5.32 Å². The fourth-order valence-corrected chi connectivity index (χ4v) is 1.30. The first-order valence-electron chi connectivity index (χ1n) is 6.03. The highest BCUT2D eigenvalue weighted by Gasteiger charge is 2.30. The van der Waals surface area contributed by atoms with Crippen LogP contribution in [-0.2, 0) is 24.6 Å². The zero-order chi connectivity index (χ0) is 15.2. The van der Waals surface area contributed by atoms with Crippen molar-refractivity contribution in [1.29, 1.82) is 0 Å². The summed E-state index contributed by atoms with van der Waals surface area (Å²) in [6, 6.07) is 0. The molecule has 8 heteroatoms. The van der Waals surface area contributed by atoms with Gasteiger partial charge in [0.2, 0.25) is 5.91 Å². The van der Waals surface area contributed by atoms with E-state index in [9.17, 15) is 9.59 Å². The molecule has 1 aromatic rings. The average molecular weight is 285 g/mol. The Morgan fingerprint density at radius 3 is 2.75 bits per heavy atom. The first-order chi connectivity index (χ1) is 9.37. The molecule has 0 saturated carbocycles. The molecule has 20 heavy (non-hydrogen) atoms. The lowest BCUT2D eigenvalue weighted by Gasteiger charge is -2.19. The minimum atomic E-state index is -1.18. The van der Waals surface area contributed by atoms with E-state index in [1.54, 1.807) is 7.11 Å². The predicted molar refractivity (Wildman–Crippen MR) is 70.5 cm³/mol. The van der Waals surface area contributed by atoms with Crippen LogP contribution in [0.2, 0.25) is 0 Å². The van der Waals surface area contributed by atoms with Crippen LogP contribution in [0.5, 0.6) is 0 Å². The number of rotatable bonds is 8. The molecule has 0 unspecified atom stereocenters. The number of carboxylic acids is 1. The zero-order valence-electron chi connectivity index (χ0n) is 11.8. The number of anilines is 1. The third kappa shape index (κ3) is 4.32. The number of nitrogens with one attached hydrogen (secondary N) is 1. The van der Waals surface area contributed by atoms with E-state index in [2.05, 4.69) is 10.4 Å². The second-order valence-corrected chi connectivity index (χ2v) is 4.63. The van der Waals surface area contributed by atoms with Gasteiger partial charge in [-0.3, -0.25) is 9.48 Å². The van der Waals surface area contributed by atoms with Gasteiger partial charge < -0.3 is 19.9 Å². The van der Waals surface area contributed by atoms with E-state index >= 15 is 0 Å². The van der Waals surface area contributed by atoms with Crippen LogP contribution in [-0.4, -0.2) is 53.7 Å². The van der Waals surface area contributed by atoms with Crippen LogP contribution in [0.3, 0.4) is 0 Å². The lowest BCUT2D eigenvalue weighted by Crippen LogP contribution is -2.35. The molecule has 1 heterocycles. The smallest absolute Gasteiger partial charge is 0.331 e. The maximum Gasteiger partial charge on any atom is 0.331 e. The molecule has 0 atom stereocenters. The molecule has 0 aliphatic heterocycles. The fraction of sp³-hybridized carbons (Fsp3) is 0.583. The summed E-state index contributed by atoms with van der Waals surface area (Å²) in [5.41, 5.74) is -0.766. The highest BCUT2D eigenvalue weighted by atomic mass is 16.5. The number of methoxy groups -OCH3 is 1. The van der Waals surface area contributed by atoms with Gasteiger partial charge in [0.05, 0.1) is 25.1 Å². The number of aromatic nitrogens is 2. The molecule has 0 bridgehead atoms. The highest BCUT2D eigenvalue weighted by Crippen LogP contribution is 2.17. The maximum absolute atomic E-state index is 11.5. The standard InChI is InChI=1S/C12H19N3O5/c1-12(2,11(17)18)15-7-9(6-13-15)14-10(16)8-20-5-4-19-3/h6-7H,4-5,8H2,1-3H3,(H,14,16)(H,17,18). The van der Waals surface area contributed by atoms with Crippen molar-refractivity contribution < 1.29 is 24.2 Å². The van der Waals surface area contributed by atoms with Gasteiger partial charge in [-0.15, -0.1) is 0 Å². The molecule has 8 nitrogen and oxygen atoms in total. The molecular formula is C12H19N3O5. The lowest BCUT2D eigenvalue weighted by atomic mass is 10.1. The first kappa shape index (κ1) is 16.1. The summed E-state index contributed by atoms with van der Waals surface area (Å²) in [6.07, 6.45) is 2.85. The number of ether oxygens (including phenoxy) is 2. The van der Waals surface area contributed by atoms with Gasteiger partial charge in [0.1, 0.15) is 6.61 Å². The number of aliphatic carboxylic acids is 1. The Balaban J connectivity index is 2.52. The summed E-state index contributed by atoms with van der Waals surface area (Å²) >= 11 is 0. The topological polar surface area (TPSA) is 103 Å². The van der Waals surface area contributed by atoms with Gasteiger partial charge >= 0.3 is 5.97 Å². The SMILES string of the molecule is COCCOCC(=O)Nc1cnn(C(C)(C)C(=O)O)c1. The Hall–Kier alpha value is -1.93. The van der Waals surface area contributed by atoms with Crippen molar-refractivity contribution in [2.45, 2.75) is 19.4 Å². The summed E-state index contributed by atoms with van der Waals surface area (Å²) < 4.78 is 11.1. The van der Waals surface area contributed by atoms with Gasteiger partial charge in [-0.1, -0.05) is 0 Å². The van der Waals surface area contributed by atoms with Crippen LogP contribution in [0.25, 0.3) is 0 Å². The van der Waals surface area contributed by atoms with E-state index in [1.165, 1.54) is 30.9 Å². The molecule has 0 radical (unpaired) electrons. The van der Waals surface area contributed by atoms with Gasteiger partial charge in [0.25, 0.3) is 0 Å². The lowest BCUT2D eigenvalue weighted by molar-refractivity contribution is -0.146. The molecule has 0 fully saturated rings. The van der Waals surface area contributed by atoms with Gasteiger partial charge in [-0.2, -0.15) is 5.10 Å². The number of nitrogens with zero attached hydrogens (tertiary/aromatic N) is 2. The second-order valence-electron chi connectivity index (χ2n) is 4.63. The van der Waals surface area contributed by atoms with Crippen molar-refractivity contribution in [3.63, 3.8) is 0 Å². The number of carbonyl (C=O) groups is 2. The summed E-state index contributed by atoms with van der Waals surface area (Å²) in [5.74, 6) is -1.35. The monoisotopic (exact) mass is 285 g/mol. The Kier molecular flexibility index (Phi) is 5.66. The number of carboxylic acid groups (broad SMARTS) is 1. The van der Waals surface area contributed by atoms with Gasteiger partial charge in [-0.25, -0.2) is 4.79 Å². The summed E-state index contributed by atoms with van der Waals surface area (Å²) in [5, 5.41) is 15.6. The van der Waals surface area contributed by atoms with E-state index < -0.39 is 11.5 Å².